The Balaban J connectivity index is 2.73. The Hall–Kier alpha value is -0.340. The maximum absolute atomic E-state index is 4.07. The Kier molecular flexibility index (Phi) is 7.09. The summed E-state index contributed by atoms with van der Waals surface area (Å²) in [5.74, 6) is 0. The van der Waals surface area contributed by atoms with Crippen molar-refractivity contribution in [2.24, 2.45) is 0 Å². The van der Waals surface area contributed by atoms with Gasteiger partial charge in [0.2, 0.25) is 0 Å². The van der Waals surface area contributed by atoms with E-state index < -0.39 is 0 Å². The zero-order valence-corrected chi connectivity index (χ0v) is 13.6. The molecule has 2 atom stereocenters. The first-order valence-corrected chi connectivity index (χ1v) is 8.17. The van der Waals surface area contributed by atoms with Crippen LogP contribution in [0.5, 0.6) is 0 Å². The standard InChI is InChI=1S/C17H34N2/c1-6-12-18-16(11-10-15(3)4)17(5,7-2)19-13-8-9-14-19/h16,18H,3,6-14H2,1-2,4-5H3. The normalized spacial score (nSPS) is 21.3. The van der Waals surface area contributed by atoms with Gasteiger partial charge in [-0.1, -0.05) is 19.4 Å². The van der Waals surface area contributed by atoms with Gasteiger partial charge in [-0.3, -0.25) is 4.90 Å². The summed E-state index contributed by atoms with van der Waals surface area (Å²) in [5.41, 5.74) is 1.62. The molecule has 0 spiro atoms. The van der Waals surface area contributed by atoms with Gasteiger partial charge in [0.05, 0.1) is 0 Å². The largest absolute Gasteiger partial charge is 0.312 e. The average Bonchev–Trinajstić information content (AvgIpc) is 2.92. The summed E-state index contributed by atoms with van der Waals surface area (Å²) in [7, 11) is 0. The lowest BCUT2D eigenvalue weighted by molar-refractivity contribution is 0.0804. The molecule has 2 unspecified atom stereocenters. The molecule has 1 heterocycles. The number of allylic oxidation sites excluding steroid dienone is 1. The van der Waals surface area contributed by atoms with Crippen molar-refractivity contribution in [3.05, 3.63) is 12.2 Å². The fraction of sp³-hybridized carbons (Fsp3) is 0.882. The SMILES string of the molecule is C=C(C)CCC(NCCC)C(C)(CC)N1CCCC1. The van der Waals surface area contributed by atoms with Gasteiger partial charge in [0.1, 0.15) is 0 Å². The molecule has 0 aliphatic carbocycles. The molecular formula is C17H34N2. The Morgan fingerprint density at radius 1 is 1.32 bits per heavy atom. The molecule has 1 fully saturated rings. The predicted octanol–water partition coefficient (Wildman–Crippen LogP) is 3.98. The van der Waals surface area contributed by atoms with Crippen molar-refractivity contribution < 1.29 is 0 Å². The van der Waals surface area contributed by atoms with Crippen molar-refractivity contribution in [1.29, 1.82) is 0 Å². The molecule has 1 saturated heterocycles. The third kappa shape index (κ3) is 4.61. The molecule has 1 aliphatic rings. The summed E-state index contributed by atoms with van der Waals surface area (Å²) in [6, 6.07) is 0.590. The predicted molar refractivity (Wildman–Crippen MR) is 85.6 cm³/mol. The zero-order valence-electron chi connectivity index (χ0n) is 13.6. The molecule has 1 N–H and O–H groups in total. The van der Waals surface area contributed by atoms with Gasteiger partial charge >= 0.3 is 0 Å². The fourth-order valence-corrected chi connectivity index (χ4v) is 3.26. The third-order valence-electron chi connectivity index (χ3n) is 4.80. The van der Waals surface area contributed by atoms with Crippen LogP contribution >= 0.6 is 0 Å². The maximum Gasteiger partial charge on any atom is 0.0331 e. The molecule has 112 valence electrons. The minimum absolute atomic E-state index is 0.307. The van der Waals surface area contributed by atoms with Crippen LogP contribution in [0.15, 0.2) is 12.2 Å². The fourth-order valence-electron chi connectivity index (χ4n) is 3.26. The van der Waals surface area contributed by atoms with Gasteiger partial charge in [0.15, 0.2) is 0 Å². The molecular weight excluding hydrogens is 232 g/mol. The van der Waals surface area contributed by atoms with Gasteiger partial charge in [-0.05, 0) is 72.0 Å². The van der Waals surface area contributed by atoms with Crippen LogP contribution in [0, 0.1) is 0 Å². The molecule has 0 amide bonds. The molecule has 0 aromatic rings. The van der Waals surface area contributed by atoms with Gasteiger partial charge in [-0.2, -0.15) is 0 Å². The maximum atomic E-state index is 4.07. The number of nitrogens with zero attached hydrogens (tertiary/aromatic N) is 1. The lowest BCUT2D eigenvalue weighted by atomic mass is 9.84. The first kappa shape index (κ1) is 16.7. The minimum Gasteiger partial charge on any atom is -0.312 e. The van der Waals surface area contributed by atoms with Crippen LogP contribution in [0.2, 0.25) is 0 Å². The summed E-state index contributed by atoms with van der Waals surface area (Å²) in [6.07, 6.45) is 7.54. The number of likely N-dealkylation sites (tertiary alicyclic amines) is 1. The lowest BCUT2D eigenvalue weighted by Crippen LogP contribution is -2.58. The van der Waals surface area contributed by atoms with Crippen LogP contribution in [-0.4, -0.2) is 36.1 Å². The summed E-state index contributed by atoms with van der Waals surface area (Å²) in [5, 5.41) is 3.81. The van der Waals surface area contributed by atoms with E-state index in [2.05, 4.69) is 44.5 Å². The lowest BCUT2D eigenvalue weighted by Gasteiger charge is -2.45. The number of nitrogens with one attached hydrogen (secondary N) is 1. The van der Waals surface area contributed by atoms with Gasteiger partial charge < -0.3 is 5.32 Å². The second-order valence-electron chi connectivity index (χ2n) is 6.41. The highest BCUT2D eigenvalue weighted by Gasteiger charge is 2.38. The second-order valence-corrected chi connectivity index (χ2v) is 6.41. The van der Waals surface area contributed by atoms with Crippen LogP contribution in [0.4, 0.5) is 0 Å². The van der Waals surface area contributed by atoms with Crippen molar-refractivity contribution in [3.8, 4) is 0 Å². The molecule has 2 nitrogen and oxygen atoms in total. The average molecular weight is 266 g/mol. The summed E-state index contributed by atoms with van der Waals surface area (Å²) >= 11 is 0. The van der Waals surface area contributed by atoms with E-state index in [0.717, 1.165) is 13.0 Å². The van der Waals surface area contributed by atoms with Crippen LogP contribution in [-0.2, 0) is 0 Å². The van der Waals surface area contributed by atoms with E-state index in [1.807, 2.05) is 0 Å². The van der Waals surface area contributed by atoms with E-state index in [0.29, 0.717) is 11.6 Å². The highest BCUT2D eigenvalue weighted by atomic mass is 15.2. The first-order valence-electron chi connectivity index (χ1n) is 8.17. The smallest absolute Gasteiger partial charge is 0.0331 e. The Bertz CT molecular complexity index is 268. The van der Waals surface area contributed by atoms with E-state index in [1.54, 1.807) is 0 Å². The molecule has 1 aliphatic heterocycles. The number of hydrogen-bond donors (Lipinski definition) is 1. The molecule has 0 saturated carbocycles. The van der Waals surface area contributed by atoms with Crippen molar-refractivity contribution in [3.63, 3.8) is 0 Å². The van der Waals surface area contributed by atoms with Gasteiger partial charge in [-0.15, -0.1) is 6.58 Å². The Morgan fingerprint density at radius 2 is 1.95 bits per heavy atom. The second kappa shape index (κ2) is 8.06. The van der Waals surface area contributed by atoms with E-state index in [-0.39, 0.29) is 0 Å². The topological polar surface area (TPSA) is 15.3 Å². The molecule has 2 heteroatoms. The zero-order chi connectivity index (χ0) is 14.3. The third-order valence-corrected chi connectivity index (χ3v) is 4.80. The van der Waals surface area contributed by atoms with E-state index in [1.165, 1.54) is 50.8 Å². The highest BCUT2D eigenvalue weighted by Crippen LogP contribution is 2.30. The quantitative estimate of drug-likeness (QED) is 0.635. The van der Waals surface area contributed by atoms with E-state index in [4.69, 9.17) is 0 Å². The molecule has 0 radical (unpaired) electrons. The molecule has 0 bridgehead atoms. The summed E-state index contributed by atoms with van der Waals surface area (Å²) < 4.78 is 0. The van der Waals surface area contributed by atoms with Gasteiger partial charge in [0.25, 0.3) is 0 Å². The first-order chi connectivity index (χ1) is 9.04. The number of rotatable bonds is 9. The molecule has 19 heavy (non-hydrogen) atoms. The Labute approximate surface area is 120 Å². The summed E-state index contributed by atoms with van der Waals surface area (Å²) in [6.45, 7) is 17.0. The highest BCUT2D eigenvalue weighted by molar-refractivity contribution is 5.00. The van der Waals surface area contributed by atoms with Crippen LogP contribution in [0.3, 0.4) is 0 Å². The Morgan fingerprint density at radius 3 is 2.42 bits per heavy atom. The van der Waals surface area contributed by atoms with E-state index >= 15 is 0 Å². The van der Waals surface area contributed by atoms with Crippen molar-refractivity contribution in [2.75, 3.05) is 19.6 Å². The molecule has 0 aromatic heterocycles. The number of hydrogen-bond acceptors (Lipinski definition) is 2. The van der Waals surface area contributed by atoms with Crippen LogP contribution in [0.25, 0.3) is 0 Å². The molecule has 0 aromatic carbocycles. The molecule has 1 rings (SSSR count). The van der Waals surface area contributed by atoms with Gasteiger partial charge in [-0.25, -0.2) is 0 Å². The van der Waals surface area contributed by atoms with Crippen molar-refractivity contribution in [2.45, 2.75) is 77.8 Å². The minimum atomic E-state index is 0.307. The van der Waals surface area contributed by atoms with Crippen molar-refractivity contribution in [1.82, 2.24) is 10.2 Å². The van der Waals surface area contributed by atoms with Crippen molar-refractivity contribution >= 4 is 0 Å². The summed E-state index contributed by atoms with van der Waals surface area (Å²) in [4.78, 5) is 2.72. The van der Waals surface area contributed by atoms with Crippen LogP contribution < -0.4 is 5.32 Å². The van der Waals surface area contributed by atoms with Gasteiger partial charge in [0, 0.05) is 11.6 Å². The van der Waals surface area contributed by atoms with E-state index in [9.17, 15) is 0 Å². The van der Waals surface area contributed by atoms with Crippen LogP contribution in [0.1, 0.15) is 66.2 Å². The monoisotopic (exact) mass is 266 g/mol.